The summed E-state index contributed by atoms with van der Waals surface area (Å²) in [5, 5.41) is 1.10. The number of hydrogen-bond donors (Lipinski definition) is 0. The van der Waals surface area contributed by atoms with Gasteiger partial charge in [0.15, 0.2) is 11.3 Å². The molecule has 2 aromatic heterocycles. The van der Waals surface area contributed by atoms with Crippen LogP contribution in [0.2, 0.25) is 0 Å². The van der Waals surface area contributed by atoms with E-state index in [1.165, 1.54) is 13.2 Å². The number of carbonyl (C=O) groups excluding carboxylic acids is 1. The number of methoxy groups -OCH3 is 2. The number of carbonyl (C=O) groups is 1. The van der Waals surface area contributed by atoms with Crippen molar-refractivity contribution in [2.45, 2.75) is 6.92 Å². The number of aryl methyl sites for hydroxylation is 1. The number of benzene rings is 3. The van der Waals surface area contributed by atoms with E-state index in [2.05, 4.69) is 0 Å². The van der Waals surface area contributed by atoms with Crippen LogP contribution in [0, 0.1) is 6.92 Å². The van der Waals surface area contributed by atoms with Gasteiger partial charge in [0.1, 0.15) is 22.8 Å². The quantitative estimate of drug-likeness (QED) is 0.246. The summed E-state index contributed by atoms with van der Waals surface area (Å²) in [6.07, 6.45) is 0. The van der Waals surface area contributed by atoms with Crippen molar-refractivity contribution in [3.8, 4) is 28.4 Å². The molecule has 0 saturated carbocycles. The van der Waals surface area contributed by atoms with Gasteiger partial charge in [0.25, 0.3) is 0 Å². The summed E-state index contributed by atoms with van der Waals surface area (Å²) in [6.45, 7) is 1.72. The number of furan rings is 1. The highest BCUT2D eigenvalue weighted by atomic mass is 16.5. The van der Waals surface area contributed by atoms with E-state index >= 15 is 0 Å². The van der Waals surface area contributed by atoms with Crippen LogP contribution < -0.4 is 19.6 Å². The number of ether oxygens (including phenoxy) is 3. The zero-order chi connectivity index (χ0) is 23.8. The second-order valence-electron chi connectivity index (χ2n) is 7.63. The third kappa shape index (κ3) is 3.67. The van der Waals surface area contributed by atoms with Crippen LogP contribution in [0.15, 0.2) is 80.4 Å². The van der Waals surface area contributed by atoms with Crippen molar-refractivity contribution in [1.82, 2.24) is 0 Å². The molecule has 0 radical (unpaired) electrons. The summed E-state index contributed by atoms with van der Waals surface area (Å²) in [4.78, 5) is 25.9. The van der Waals surface area contributed by atoms with Crippen molar-refractivity contribution in [3.63, 3.8) is 0 Å². The average Bonchev–Trinajstić information content (AvgIpc) is 3.29. The number of esters is 1. The lowest BCUT2D eigenvalue weighted by atomic mass is 10.0. The van der Waals surface area contributed by atoms with Gasteiger partial charge in [-0.15, -0.1) is 0 Å². The molecular weight excluding hydrogens is 436 g/mol. The molecule has 5 rings (SSSR count). The molecule has 0 aliphatic heterocycles. The summed E-state index contributed by atoms with van der Waals surface area (Å²) >= 11 is 0. The topological polar surface area (TPSA) is 88.1 Å². The molecule has 34 heavy (non-hydrogen) atoms. The number of rotatable bonds is 5. The van der Waals surface area contributed by atoms with E-state index < -0.39 is 5.97 Å². The van der Waals surface area contributed by atoms with E-state index in [0.717, 1.165) is 10.9 Å². The van der Waals surface area contributed by atoms with E-state index in [9.17, 15) is 9.59 Å². The van der Waals surface area contributed by atoms with Gasteiger partial charge in [0.2, 0.25) is 11.2 Å². The summed E-state index contributed by atoms with van der Waals surface area (Å²) in [7, 11) is 3.11. The highest BCUT2D eigenvalue weighted by molar-refractivity contribution is 5.95. The van der Waals surface area contributed by atoms with Crippen LogP contribution in [0.5, 0.6) is 17.2 Å². The van der Waals surface area contributed by atoms with E-state index in [1.54, 1.807) is 56.5 Å². The fourth-order valence-corrected chi connectivity index (χ4v) is 3.90. The van der Waals surface area contributed by atoms with Gasteiger partial charge in [-0.1, -0.05) is 24.3 Å². The highest BCUT2D eigenvalue weighted by Crippen LogP contribution is 2.30. The third-order valence-electron chi connectivity index (χ3n) is 5.56. The second-order valence-corrected chi connectivity index (χ2v) is 7.63. The van der Waals surface area contributed by atoms with Crippen molar-refractivity contribution in [3.05, 3.63) is 88.5 Å². The Hall–Kier alpha value is -4.52. The SMILES string of the molecule is COc1ccc(-c2c(C)oc3cc(OC(=O)c4cc5cccc(OC)c5o4)ccc3c2=O)cc1. The lowest BCUT2D eigenvalue weighted by Gasteiger charge is -2.09. The Kier molecular flexibility index (Phi) is 5.30. The third-order valence-corrected chi connectivity index (χ3v) is 5.56. The first-order chi connectivity index (χ1) is 16.5. The molecule has 5 aromatic rings. The van der Waals surface area contributed by atoms with Gasteiger partial charge in [-0.2, -0.15) is 0 Å². The first-order valence-electron chi connectivity index (χ1n) is 10.5. The standard InChI is InChI=1S/C27H20O7/c1-15-24(16-7-9-18(30-2)10-8-16)25(28)20-12-11-19(14-22(20)32-15)33-27(29)23-13-17-5-4-6-21(31-3)26(17)34-23/h4-14H,1-3H3. The largest absolute Gasteiger partial charge is 0.497 e. The molecule has 0 N–H and O–H groups in total. The Balaban J connectivity index is 1.47. The zero-order valence-corrected chi connectivity index (χ0v) is 18.7. The van der Waals surface area contributed by atoms with Crippen molar-refractivity contribution in [2.75, 3.05) is 14.2 Å². The summed E-state index contributed by atoms with van der Waals surface area (Å²) < 4.78 is 27.5. The first-order valence-corrected chi connectivity index (χ1v) is 10.5. The maximum Gasteiger partial charge on any atom is 0.379 e. The maximum atomic E-state index is 13.2. The summed E-state index contributed by atoms with van der Waals surface area (Å²) in [6, 6.07) is 18.8. The van der Waals surface area contributed by atoms with Crippen LogP contribution in [0.25, 0.3) is 33.1 Å². The van der Waals surface area contributed by atoms with Crippen LogP contribution in [0.1, 0.15) is 16.3 Å². The molecule has 3 aromatic carbocycles. The van der Waals surface area contributed by atoms with Crippen LogP contribution in [0.4, 0.5) is 0 Å². The Labute approximate surface area is 194 Å². The lowest BCUT2D eigenvalue weighted by molar-refractivity contribution is 0.0704. The van der Waals surface area contributed by atoms with Gasteiger partial charge in [0.05, 0.1) is 25.2 Å². The predicted octanol–water partition coefficient (Wildman–Crippen LogP) is 5.75. The minimum absolute atomic E-state index is 0.0343. The highest BCUT2D eigenvalue weighted by Gasteiger charge is 2.19. The molecule has 0 aliphatic rings. The predicted molar refractivity (Wildman–Crippen MR) is 127 cm³/mol. The molecule has 7 heteroatoms. The molecule has 0 amide bonds. The molecule has 170 valence electrons. The van der Waals surface area contributed by atoms with Gasteiger partial charge >= 0.3 is 5.97 Å². The fourth-order valence-electron chi connectivity index (χ4n) is 3.90. The molecule has 7 nitrogen and oxygen atoms in total. The van der Waals surface area contributed by atoms with Crippen LogP contribution >= 0.6 is 0 Å². The van der Waals surface area contributed by atoms with Crippen LogP contribution in [0.3, 0.4) is 0 Å². The van der Waals surface area contributed by atoms with Crippen molar-refractivity contribution in [1.29, 1.82) is 0 Å². The maximum absolute atomic E-state index is 13.2. The smallest absolute Gasteiger partial charge is 0.379 e. The second kappa shape index (κ2) is 8.44. The molecule has 0 fully saturated rings. The average molecular weight is 456 g/mol. The number of hydrogen-bond acceptors (Lipinski definition) is 7. The monoisotopic (exact) mass is 456 g/mol. The molecule has 0 atom stereocenters. The Morgan fingerprint density at radius 2 is 1.62 bits per heavy atom. The molecular formula is C27H20O7. The van der Waals surface area contributed by atoms with E-state index in [0.29, 0.717) is 39.4 Å². The van der Waals surface area contributed by atoms with Gasteiger partial charge < -0.3 is 23.0 Å². The van der Waals surface area contributed by atoms with Gasteiger partial charge in [0, 0.05) is 11.5 Å². The van der Waals surface area contributed by atoms with Crippen molar-refractivity contribution < 1.29 is 27.8 Å². The van der Waals surface area contributed by atoms with E-state index in [-0.39, 0.29) is 16.9 Å². The van der Waals surface area contributed by atoms with E-state index in [1.807, 2.05) is 18.2 Å². The zero-order valence-electron chi connectivity index (χ0n) is 18.7. The number of fused-ring (bicyclic) bond motifs is 2. The van der Waals surface area contributed by atoms with Gasteiger partial charge in [-0.25, -0.2) is 4.79 Å². The Morgan fingerprint density at radius 1 is 0.853 bits per heavy atom. The van der Waals surface area contributed by atoms with Crippen LogP contribution in [-0.2, 0) is 0 Å². The normalized spacial score (nSPS) is 11.0. The summed E-state index contributed by atoms with van der Waals surface area (Å²) in [5.41, 5.74) is 1.80. The first kappa shape index (κ1) is 21.3. The molecule has 0 bridgehead atoms. The van der Waals surface area contributed by atoms with Gasteiger partial charge in [-0.05, 0) is 48.9 Å². The van der Waals surface area contributed by atoms with Gasteiger partial charge in [-0.3, -0.25) is 4.79 Å². The minimum atomic E-state index is -0.675. The molecule has 0 unspecified atom stereocenters. The van der Waals surface area contributed by atoms with E-state index in [4.69, 9.17) is 23.0 Å². The van der Waals surface area contributed by atoms with Crippen LogP contribution in [-0.4, -0.2) is 20.2 Å². The molecule has 0 aliphatic carbocycles. The molecule has 0 saturated heterocycles. The molecule has 2 heterocycles. The Morgan fingerprint density at radius 3 is 2.35 bits per heavy atom. The molecule has 0 spiro atoms. The fraction of sp³-hybridized carbons (Fsp3) is 0.111. The number of para-hydroxylation sites is 1. The Bertz CT molecular complexity index is 1590. The minimum Gasteiger partial charge on any atom is -0.497 e. The summed E-state index contributed by atoms with van der Waals surface area (Å²) in [5.74, 6) is 1.26. The van der Waals surface area contributed by atoms with Crippen molar-refractivity contribution in [2.24, 2.45) is 0 Å². The van der Waals surface area contributed by atoms with Crippen molar-refractivity contribution >= 4 is 27.9 Å². The lowest BCUT2D eigenvalue weighted by Crippen LogP contribution is -2.09.